The van der Waals surface area contributed by atoms with Crippen LogP contribution in [0.1, 0.15) is 60.1 Å². The van der Waals surface area contributed by atoms with Gasteiger partial charge in [0.05, 0.1) is 32.0 Å². The van der Waals surface area contributed by atoms with E-state index >= 15 is 0 Å². The number of aryl methyl sites for hydroxylation is 1. The molecular weight excluding hydrogens is 532 g/mol. The van der Waals surface area contributed by atoms with Crippen LogP contribution >= 0.6 is 11.3 Å². The fourth-order valence-corrected chi connectivity index (χ4v) is 5.45. The number of carbonyl (C=O) groups is 2. The first-order chi connectivity index (χ1) is 19.3. The van der Waals surface area contributed by atoms with E-state index in [4.69, 9.17) is 14.2 Å². The molecule has 1 saturated heterocycles. The largest absolute Gasteiger partial charge is 0.489 e. The van der Waals surface area contributed by atoms with Crippen molar-refractivity contribution in [2.24, 2.45) is 5.92 Å². The number of nitrogens with zero attached hydrogens (tertiary/aromatic N) is 4. The van der Waals surface area contributed by atoms with Crippen LogP contribution < -0.4 is 29.7 Å². The second-order valence-corrected chi connectivity index (χ2v) is 11.1. The summed E-state index contributed by atoms with van der Waals surface area (Å²) in [5.41, 5.74) is 1.52. The van der Waals surface area contributed by atoms with Crippen molar-refractivity contribution in [3.05, 3.63) is 46.7 Å². The van der Waals surface area contributed by atoms with Crippen LogP contribution in [0, 0.1) is 12.8 Å². The van der Waals surface area contributed by atoms with E-state index < -0.39 is 0 Å². The predicted molar refractivity (Wildman–Crippen MR) is 152 cm³/mol. The summed E-state index contributed by atoms with van der Waals surface area (Å²) in [5, 5.41) is 6.05. The van der Waals surface area contributed by atoms with Crippen molar-refractivity contribution in [3.8, 4) is 17.4 Å². The maximum atomic E-state index is 12.8. The van der Waals surface area contributed by atoms with Crippen LogP contribution in [0.4, 0.5) is 10.9 Å². The van der Waals surface area contributed by atoms with Gasteiger partial charge in [-0.25, -0.2) is 9.97 Å². The average Bonchev–Trinajstić information content (AvgIpc) is 3.53. The van der Waals surface area contributed by atoms with Gasteiger partial charge in [-0.15, -0.1) is 0 Å². The monoisotopic (exact) mass is 566 g/mol. The third-order valence-electron chi connectivity index (χ3n) is 6.87. The minimum atomic E-state index is -0.230. The van der Waals surface area contributed by atoms with Gasteiger partial charge in [-0.3, -0.25) is 9.59 Å². The Morgan fingerprint density at radius 1 is 1.18 bits per heavy atom. The zero-order valence-corrected chi connectivity index (χ0v) is 23.9. The number of thiazole rings is 1. The van der Waals surface area contributed by atoms with Gasteiger partial charge < -0.3 is 29.7 Å². The van der Waals surface area contributed by atoms with E-state index in [0.29, 0.717) is 46.4 Å². The Labute approximate surface area is 237 Å². The quantitative estimate of drug-likeness (QED) is 0.352. The summed E-state index contributed by atoms with van der Waals surface area (Å²) in [6.07, 6.45) is 4.76. The number of aromatic nitrogens is 3. The van der Waals surface area contributed by atoms with Gasteiger partial charge in [-0.2, -0.15) is 4.98 Å². The van der Waals surface area contributed by atoms with Gasteiger partial charge >= 0.3 is 0 Å². The number of nitrogens with one attached hydrogen (secondary N) is 2. The minimum absolute atomic E-state index is 0.00871. The molecule has 5 rings (SSSR count). The average molecular weight is 567 g/mol. The molecule has 0 spiro atoms. The Kier molecular flexibility index (Phi) is 8.34. The van der Waals surface area contributed by atoms with E-state index in [1.54, 1.807) is 14.0 Å². The zero-order chi connectivity index (χ0) is 28.2. The van der Waals surface area contributed by atoms with E-state index in [9.17, 15) is 9.59 Å². The number of hydrogen-bond donors (Lipinski definition) is 2. The molecule has 0 bridgehead atoms. The van der Waals surface area contributed by atoms with Crippen LogP contribution in [-0.4, -0.2) is 59.7 Å². The number of amides is 2. The lowest BCUT2D eigenvalue weighted by atomic mass is 10.1. The molecule has 212 valence electrons. The SMILES string of the molecule is COc1c(OCC2CC2)ncnc1N1CCC(Oc2ccc([C@H](C)NC(=O)c3sc(NC(C)=O)nc3C)cc2)C1. The fourth-order valence-electron chi connectivity index (χ4n) is 4.54. The maximum Gasteiger partial charge on any atom is 0.263 e. The highest BCUT2D eigenvalue weighted by atomic mass is 32.1. The number of anilines is 2. The second-order valence-electron chi connectivity index (χ2n) is 10.1. The lowest BCUT2D eigenvalue weighted by Crippen LogP contribution is -2.26. The number of methoxy groups -OCH3 is 1. The van der Waals surface area contributed by atoms with Crippen molar-refractivity contribution in [3.63, 3.8) is 0 Å². The molecule has 12 heteroatoms. The third-order valence-corrected chi connectivity index (χ3v) is 7.94. The summed E-state index contributed by atoms with van der Waals surface area (Å²) >= 11 is 1.16. The van der Waals surface area contributed by atoms with Crippen LogP contribution in [0.2, 0.25) is 0 Å². The summed E-state index contributed by atoms with van der Waals surface area (Å²) in [6.45, 7) is 7.18. The topological polar surface area (TPSA) is 128 Å². The van der Waals surface area contributed by atoms with Crippen molar-refractivity contribution >= 4 is 34.1 Å². The van der Waals surface area contributed by atoms with Gasteiger partial charge in [0.2, 0.25) is 11.7 Å². The number of benzene rings is 1. The highest BCUT2D eigenvalue weighted by Crippen LogP contribution is 2.37. The zero-order valence-electron chi connectivity index (χ0n) is 23.1. The van der Waals surface area contributed by atoms with Crippen LogP contribution in [0.15, 0.2) is 30.6 Å². The Bertz CT molecular complexity index is 1360. The Morgan fingerprint density at radius 3 is 2.65 bits per heavy atom. The Hall–Kier alpha value is -3.93. The van der Waals surface area contributed by atoms with Crippen LogP contribution in [0.3, 0.4) is 0 Å². The van der Waals surface area contributed by atoms with Gasteiger partial charge in [-0.05, 0) is 50.3 Å². The van der Waals surface area contributed by atoms with Crippen LogP contribution in [-0.2, 0) is 4.79 Å². The molecule has 2 N–H and O–H groups in total. The number of carbonyl (C=O) groups excluding carboxylic acids is 2. The fraction of sp³-hybridized carbons (Fsp3) is 0.464. The first-order valence-corrected chi connectivity index (χ1v) is 14.2. The van der Waals surface area contributed by atoms with Crippen LogP contribution in [0.25, 0.3) is 0 Å². The van der Waals surface area contributed by atoms with Crippen molar-refractivity contribution in [1.29, 1.82) is 0 Å². The van der Waals surface area contributed by atoms with Crippen LogP contribution in [0.5, 0.6) is 17.4 Å². The van der Waals surface area contributed by atoms with E-state index in [2.05, 4.69) is 30.5 Å². The molecule has 2 aromatic heterocycles. The summed E-state index contributed by atoms with van der Waals surface area (Å²) in [7, 11) is 1.61. The van der Waals surface area contributed by atoms with Gasteiger partial charge in [-0.1, -0.05) is 23.5 Å². The van der Waals surface area contributed by atoms with Crippen molar-refractivity contribution in [1.82, 2.24) is 20.3 Å². The molecule has 3 aromatic rings. The maximum absolute atomic E-state index is 12.8. The Morgan fingerprint density at radius 2 is 1.95 bits per heavy atom. The molecule has 1 saturated carbocycles. The molecule has 11 nitrogen and oxygen atoms in total. The highest BCUT2D eigenvalue weighted by molar-refractivity contribution is 7.17. The molecular formula is C28H34N6O5S. The minimum Gasteiger partial charge on any atom is -0.489 e. The molecule has 1 aromatic carbocycles. The highest BCUT2D eigenvalue weighted by Gasteiger charge is 2.30. The first-order valence-electron chi connectivity index (χ1n) is 13.4. The van der Waals surface area contributed by atoms with E-state index in [-0.39, 0.29) is 24.0 Å². The molecule has 1 aliphatic heterocycles. The number of rotatable bonds is 11. The standard InChI is InChI=1S/C28H34N6O5S/c1-16(31-26(36)24-17(2)32-28(40-24)33-18(3)35)20-7-9-21(10-8-20)39-22-11-12-34(13-22)25-23(37-4)27(30-15-29-25)38-14-19-5-6-19/h7-10,15-16,19,22H,5-6,11-14H2,1-4H3,(H,31,36)(H,32,33,35)/t16-,22?/m0/s1. The second kappa shape index (κ2) is 12.1. The van der Waals surface area contributed by atoms with Gasteiger partial charge in [0.25, 0.3) is 11.8 Å². The molecule has 1 aliphatic carbocycles. The molecule has 0 radical (unpaired) electrons. The summed E-state index contributed by atoms with van der Waals surface area (Å²) in [6, 6.07) is 7.51. The van der Waals surface area contributed by atoms with Gasteiger partial charge in [0.15, 0.2) is 10.9 Å². The Balaban J connectivity index is 1.16. The smallest absolute Gasteiger partial charge is 0.263 e. The van der Waals surface area contributed by atoms with Gasteiger partial charge in [0, 0.05) is 19.9 Å². The normalized spacial score (nSPS) is 17.3. The summed E-state index contributed by atoms with van der Waals surface area (Å²) in [5.74, 6) is 2.68. The van der Waals surface area contributed by atoms with Crippen molar-refractivity contribution in [2.45, 2.75) is 52.2 Å². The lowest BCUT2D eigenvalue weighted by Gasteiger charge is -2.21. The molecule has 1 unspecified atom stereocenters. The van der Waals surface area contributed by atoms with E-state index in [1.165, 1.54) is 26.1 Å². The molecule has 2 amide bonds. The van der Waals surface area contributed by atoms with E-state index in [0.717, 1.165) is 41.4 Å². The third kappa shape index (κ3) is 6.61. The lowest BCUT2D eigenvalue weighted by molar-refractivity contribution is -0.114. The molecule has 3 heterocycles. The molecule has 40 heavy (non-hydrogen) atoms. The molecule has 2 aliphatic rings. The predicted octanol–water partition coefficient (Wildman–Crippen LogP) is 4.15. The van der Waals surface area contributed by atoms with Gasteiger partial charge in [0.1, 0.15) is 23.1 Å². The first kappa shape index (κ1) is 27.6. The van der Waals surface area contributed by atoms with E-state index in [1.807, 2.05) is 31.2 Å². The molecule has 2 fully saturated rings. The number of hydrogen-bond acceptors (Lipinski definition) is 10. The summed E-state index contributed by atoms with van der Waals surface area (Å²) < 4.78 is 17.8. The summed E-state index contributed by atoms with van der Waals surface area (Å²) in [4.78, 5) is 39.7. The van der Waals surface area contributed by atoms with Crippen molar-refractivity contribution in [2.75, 3.05) is 37.0 Å². The number of ether oxygens (including phenoxy) is 3. The molecule has 2 atom stereocenters. The van der Waals surface area contributed by atoms with Crippen molar-refractivity contribution < 1.29 is 23.8 Å².